The molecule has 0 atom stereocenters. The van der Waals surface area contributed by atoms with Gasteiger partial charge in [0.05, 0.1) is 13.8 Å². The normalized spacial score (nSPS) is 15.2. The number of rotatable bonds is 7. The minimum absolute atomic E-state index is 0.275. The van der Waals surface area contributed by atoms with Crippen LogP contribution in [-0.2, 0) is 16.1 Å². The van der Waals surface area contributed by atoms with E-state index in [4.69, 9.17) is 4.74 Å². The summed E-state index contributed by atoms with van der Waals surface area (Å²) in [4.78, 5) is 12.7. The molecule has 5 nitrogen and oxygen atoms in total. The predicted molar refractivity (Wildman–Crippen MR) is 123 cm³/mol. The molecule has 6 heteroatoms. The van der Waals surface area contributed by atoms with Crippen LogP contribution >= 0.6 is 0 Å². The number of aromatic nitrogens is 2. The number of ether oxygens (including phenoxy) is 1. The topological polar surface area (TPSA) is 67.9 Å². The van der Waals surface area contributed by atoms with Crippen LogP contribution in [0.4, 0.5) is 0 Å². The van der Waals surface area contributed by atoms with Crippen molar-refractivity contribution in [2.45, 2.75) is 65.7 Å². The highest BCUT2D eigenvalue weighted by molar-refractivity contribution is 6.88. The standard InChI is InChI=1S/C24H31N3O2Si/c1-6-27-22(14-17(2)26-27)24(29-23(28)15-18-8-7-9-18)21(16-25)19-10-12-20(13-11-19)30(3,4)5/h10-14,18H,6-9,15H2,1-5H3/b24-21-. The third-order valence-corrected chi connectivity index (χ3v) is 7.77. The summed E-state index contributed by atoms with van der Waals surface area (Å²) in [6.45, 7) is 11.4. The van der Waals surface area contributed by atoms with Gasteiger partial charge >= 0.3 is 5.97 Å². The zero-order valence-electron chi connectivity index (χ0n) is 18.7. The maximum atomic E-state index is 12.7. The fraction of sp³-hybridized carbons (Fsp3) is 0.458. The number of hydrogen-bond acceptors (Lipinski definition) is 4. The van der Waals surface area contributed by atoms with Crippen LogP contribution in [0.1, 0.15) is 49.6 Å². The Morgan fingerprint density at radius 2 is 1.93 bits per heavy atom. The Morgan fingerprint density at radius 1 is 1.27 bits per heavy atom. The van der Waals surface area contributed by atoms with Gasteiger partial charge in [-0.2, -0.15) is 10.4 Å². The van der Waals surface area contributed by atoms with Gasteiger partial charge in [-0.3, -0.25) is 9.48 Å². The van der Waals surface area contributed by atoms with E-state index in [9.17, 15) is 10.1 Å². The summed E-state index contributed by atoms with van der Waals surface area (Å²) in [5.74, 6) is 0.436. The summed E-state index contributed by atoms with van der Waals surface area (Å²) in [5, 5.41) is 15.9. The molecule has 1 saturated carbocycles. The molecule has 1 aromatic heterocycles. The fourth-order valence-corrected chi connectivity index (χ4v) is 4.84. The van der Waals surface area contributed by atoms with E-state index in [0.29, 0.717) is 35.9 Å². The number of nitriles is 1. The third kappa shape index (κ3) is 4.90. The molecule has 158 valence electrons. The summed E-state index contributed by atoms with van der Waals surface area (Å²) >= 11 is 0. The Kier molecular flexibility index (Phi) is 6.62. The first kappa shape index (κ1) is 22.0. The molecule has 1 aromatic carbocycles. The van der Waals surface area contributed by atoms with Gasteiger partial charge < -0.3 is 4.74 Å². The largest absolute Gasteiger partial charge is 0.423 e. The zero-order valence-corrected chi connectivity index (χ0v) is 19.7. The van der Waals surface area contributed by atoms with Crippen molar-refractivity contribution >= 4 is 30.6 Å². The summed E-state index contributed by atoms with van der Waals surface area (Å²) in [7, 11) is -1.44. The summed E-state index contributed by atoms with van der Waals surface area (Å²) < 4.78 is 7.66. The molecule has 0 spiro atoms. The van der Waals surface area contributed by atoms with Gasteiger partial charge in [0.1, 0.15) is 17.3 Å². The van der Waals surface area contributed by atoms with E-state index in [1.54, 1.807) is 4.68 Å². The molecule has 0 radical (unpaired) electrons. The van der Waals surface area contributed by atoms with Crippen LogP contribution in [0, 0.1) is 24.2 Å². The minimum atomic E-state index is -1.44. The maximum absolute atomic E-state index is 12.7. The quantitative estimate of drug-likeness (QED) is 0.276. The molecular formula is C24H31N3O2Si. The van der Waals surface area contributed by atoms with Crippen molar-refractivity contribution in [3.8, 4) is 6.07 Å². The van der Waals surface area contributed by atoms with Crippen molar-refractivity contribution in [1.82, 2.24) is 9.78 Å². The van der Waals surface area contributed by atoms with Gasteiger partial charge in [-0.05, 0) is 44.2 Å². The Bertz CT molecular complexity index is 987. The lowest BCUT2D eigenvalue weighted by Crippen LogP contribution is -2.37. The molecule has 0 saturated heterocycles. The number of carbonyl (C=O) groups excluding carboxylic acids is 1. The average molecular weight is 422 g/mol. The van der Waals surface area contributed by atoms with Crippen LogP contribution < -0.4 is 5.19 Å². The Balaban J connectivity index is 2.06. The van der Waals surface area contributed by atoms with E-state index >= 15 is 0 Å². The van der Waals surface area contributed by atoms with E-state index in [1.807, 2.05) is 32.0 Å². The van der Waals surface area contributed by atoms with Crippen molar-refractivity contribution in [1.29, 1.82) is 5.26 Å². The molecule has 1 heterocycles. The first-order chi connectivity index (χ1) is 14.2. The average Bonchev–Trinajstić information content (AvgIpc) is 3.05. The zero-order chi connectivity index (χ0) is 21.9. The number of nitrogens with zero attached hydrogens (tertiary/aromatic N) is 3. The molecule has 0 amide bonds. The van der Waals surface area contributed by atoms with Gasteiger partial charge in [-0.25, -0.2) is 0 Å². The second-order valence-electron chi connectivity index (χ2n) is 9.11. The lowest BCUT2D eigenvalue weighted by molar-refractivity contribution is -0.138. The van der Waals surface area contributed by atoms with Crippen molar-refractivity contribution < 1.29 is 9.53 Å². The van der Waals surface area contributed by atoms with Crippen LogP contribution in [0.5, 0.6) is 0 Å². The van der Waals surface area contributed by atoms with Crippen molar-refractivity contribution in [2.75, 3.05) is 0 Å². The van der Waals surface area contributed by atoms with Gasteiger partial charge in [-0.15, -0.1) is 0 Å². The van der Waals surface area contributed by atoms with E-state index < -0.39 is 8.07 Å². The molecule has 3 rings (SSSR count). The smallest absolute Gasteiger partial charge is 0.311 e. The van der Waals surface area contributed by atoms with E-state index in [1.165, 1.54) is 11.6 Å². The monoisotopic (exact) mass is 421 g/mol. The number of carbonyl (C=O) groups is 1. The second kappa shape index (κ2) is 9.01. The van der Waals surface area contributed by atoms with Gasteiger partial charge in [-0.1, -0.05) is 55.5 Å². The van der Waals surface area contributed by atoms with Crippen molar-refractivity contribution in [3.63, 3.8) is 0 Å². The molecule has 0 bridgehead atoms. The second-order valence-corrected chi connectivity index (χ2v) is 14.2. The summed E-state index contributed by atoms with van der Waals surface area (Å²) in [6, 6.07) is 12.3. The first-order valence-electron chi connectivity index (χ1n) is 10.7. The number of benzene rings is 1. The number of hydrogen-bond donors (Lipinski definition) is 0. The highest BCUT2D eigenvalue weighted by Gasteiger charge is 2.26. The Morgan fingerprint density at radius 3 is 2.43 bits per heavy atom. The van der Waals surface area contributed by atoms with Gasteiger partial charge in [0.25, 0.3) is 0 Å². The maximum Gasteiger partial charge on any atom is 0.311 e. The molecule has 1 fully saturated rings. The van der Waals surface area contributed by atoms with E-state index in [0.717, 1.165) is 24.1 Å². The molecule has 1 aliphatic carbocycles. The Hall–Kier alpha value is -2.65. The molecule has 0 aliphatic heterocycles. The van der Waals surface area contributed by atoms with Crippen molar-refractivity contribution in [2.24, 2.45) is 5.92 Å². The third-order valence-electron chi connectivity index (χ3n) is 5.71. The van der Waals surface area contributed by atoms with Crippen LogP contribution in [0.25, 0.3) is 11.3 Å². The van der Waals surface area contributed by atoms with Crippen LogP contribution in [0.2, 0.25) is 19.6 Å². The minimum Gasteiger partial charge on any atom is -0.423 e. The van der Waals surface area contributed by atoms with Gasteiger partial charge in [0, 0.05) is 13.0 Å². The molecule has 30 heavy (non-hydrogen) atoms. The first-order valence-corrected chi connectivity index (χ1v) is 14.2. The predicted octanol–water partition coefficient (Wildman–Crippen LogP) is 4.88. The molecule has 0 N–H and O–H groups in total. The SMILES string of the molecule is CCn1nc(C)cc1/C(OC(=O)CC1CCC1)=C(\C#N)c1ccc([Si](C)(C)C)cc1. The lowest BCUT2D eigenvalue weighted by Gasteiger charge is -2.24. The molecular weight excluding hydrogens is 390 g/mol. The highest BCUT2D eigenvalue weighted by atomic mass is 28.3. The number of esters is 1. The fourth-order valence-electron chi connectivity index (χ4n) is 3.67. The number of allylic oxidation sites excluding steroid dienone is 1. The van der Waals surface area contributed by atoms with E-state index in [2.05, 4.69) is 42.9 Å². The van der Waals surface area contributed by atoms with E-state index in [-0.39, 0.29) is 5.97 Å². The van der Waals surface area contributed by atoms with Crippen LogP contribution in [0.3, 0.4) is 0 Å². The van der Waals surface area contributed by atoms with Crippen LogP contribution in [0.15, 0.2) is 30.3 Å². The lowest BCUT2D eigenvalue weighted by atomic mass is 9.83. The highest BCUT2D eigenvalue weighted by Crippen LogP contribution is 2.32. The Labute approximate surface area is 180 Å². The van der Waals surface area contributed by atoms with Crippen molar-refractivity contribution in [3.05, 3.63) is 47.3 Å². The van der Waals surface area contributed by atoms with Gasteiger partial charge in [0.15, 0.2) is 5.76 Å². The van der Waals surface area contributed by atoms with Gasteiger partial charge in [0.2, 0.25) is 0 Å². The summed E-state index contributed by atoms with van der Waals surface area (Å²) in [6.07, 6.45) is 3.72. The number of aryl methyl sites for hydroxylation is 2. The molecule has 0 unspecified atom stereocenters. The molecule has 2 aromatic rings. The van der Waals surface area contributed by atoms with Crippen LogP contribution in [-0.4, -0.2) is 23.8 Å². The summed E-state index contributed by atoms with van der Waals surface area (Å²) in [5.41, 5.74) is 2.62. The molecule has 1 aliphatic rings.